The van der Waals surface area contributed by atoms with Crippen LogP contribution >= 0.6 is 15.9 Å². The van der Waals surface area contributed by atoms with E-state index in [0.717, 1.165) is 28.0 Å². The van der Waals surface area contributed by atoms with E-state index < -0.39 is 0 Å². The molecule has 1 saturated carbocycles. The molecule has 0 aliphatic heterocycles. The molecule has 1 aromatic carbocycles. The fraction of sp³-hybridized carbons (Fsp3) is 0.316. The molecule has 1 aliphatic rings. The molecule has 124 valence electrons. The minimum atomic E-state index is -0.130. The zero-order valence-electron chi connectivity index (χ0n) is 13.6. The maximum atomic E-state index is 6.40. The van der Waals surface area contributed by atoms with Crippen molar-refractivity contribution in [2.45, 2.75) is 31.2 Å². The van der Waals surface area contributed by atoms with Gasteiger partial charge in [0.1, 0.15) is 5.75 Å². The predicted molar refractivity (Wildman–Crippen MR) is 98.5 cm³/mol. The lowest BCUT2D eigenvalue weighted by molar-refractivity contribution is 0.414. The minimum Gasteiger partial charge on any atom is -0.497 e. The number of nitrogens with two attached hydrogens (primary N) is 1. The summed E-state index contributed by atoms with van der Waals surface area (Å²) in [7, 11) is 1.67. The molecule has 1 unspecified atom stereocenters. The molecular formula is C19H20BrN3O. The summed E-state index contributed by atoms with van der Waals surface area (Å²) in [4.78, 5) is 4.73. The van der Waals surface area contributed by atoms with Gasteiger partial charge in [-0.3, -0.25) is 0 Å². The molecule has 0 radical (unpaired) electrons. The first-order valence-electron chi connectivity index (χ1n) is 8.20. The van der Waals surface area contributed by atoms with Crippen LogP contribution in [0.25, 0.3) is 5.65 Å². The van der Waals surface area contributed by atoms with Gasteiger partial charge in [-0.15, -0.1) is 0 Å². The van der Waals surface area contributed by atoms with Gasteiger partial charge in [0.05, 0.1) is 23.3 Å². The Morgan fingerprint density at radius 3 is 2.71 bits per heavy atom. The standard InChI is InChI=1S/C19H20BrN3O/c1-24-15-6-2-12(3-7-15)8-17(21)18-11-23-10-14(13-4-5-13)9-16(20)19(23)22-18/h2-3,6-7,9-11,13,17H,4-5,8,21H2,1H3. The third-order valence-electron chi connectivity index (χ3n) is 4.59. The molecule has 0 bridgehead atoms. The van der Waals surface area contributed by atoms with Crippen molar-refractivity contribution in [3.63, 3.8) is 0 Å². The van der Waals surface area contributed by atoms with Gasteiger partial charge in [-0.25, -0.2) is 4.98 Å². The first kappa shape index (κ1) is 15.7. The Morgan fingerprint density at radius 2 is 2.04 bits per heavy atom. The number of ether oxygens (including phenoxy) is 1. The van der Waals surface area contributed by atoms with E-state index in [1.807, 2.05) is 12.1 Å². The normalized spacial score (nSPS) is 15.6. The van der Waals surface area contributed by atoms with Crippen molar-refractivity contribution < 1.29 is 4.74 Å². The Hall–Kier alpha value is -1.85. The maximum Gasteiger partial charge on any atom is 0.151 e. The van der Waals surface area contributed by atoms with Crippen LogP contribution < -0.4 is 10.5 Å². The number of methoxy groups -OCH3 is 1. The van der Waals surface area contributed by atoms with Crippen LogP contribution in [0.5, 0.6) is 5.75 Å². The van der Waals surface area contributed by atoms with Crippen LogP contribution in [-0.4, -0.2) is 16.5 Å². The smallest absolute Gasteiger partial charge is 0.151 e. The summed E-state index contributed by atoms with van der Waals surface area (Å²) in [5.41, 5.74) is 10.8. The van der Waals surface area contributed by atoms with Gasteiger partial charge in [0, 0.05) is 12.4 Å². The molecule has 24 heavy (non-hydrogen) atoms. The second-order valence-electron chi connectivity index (χ2n) is 6.45. The monoisotopic (exact) mass is 385 g/mol. The summed E-state index contributed by atoms with van der Waals surface area (Å²) in [6.07, 6.45) is 7.57. The van der Waals surface area contributed by atoms with Crippen molar-refractivity contribution in [3.8, 4) is 5.75 Å². The zero-order chi connectivity index (χ0) is 16.7. The number of fused-ring (bicyclic) bond motifs is 1. The van der Waals surface area contributed by atoms with Crippen LogP contribution in [0.15, 0.2) is 47.2 Å². The molecule has 1 atom stereocenters. The number of pyridine rings is 1. The summed E-state index contributed by atoms with van der Waals surface area (Å²) in [5, 5.41) is 0. The third kappa shape index (κ3) is 3.06. The number of benzene rings is 1. The summed E-state index contributed by atoms with van der Waals surface area (Å²) in [6, 6.07) is 10.1. The zero-order valence-corrected chi connectivity index (χ0v) is 15.2. The summed E-state index contributed by atoms with van der Waals surface area (Å²) >= 11 is 3.65. The number of nitrogens with zero attached hydrogens (tertiary/aromatic N) is 2. The molecule has 2 N–H and O–H groups in total. The molecule has 2 aromatic heterocycles. The number of aromatic nitrogens is 2. The lowest BCUT2D eigenvalue weighted by atomic mass is 10.0. The minimum absolute atomic E-state index is 0.130. The summed E-state index contributed by atoms with van der Waals surface area (Å²) in [5.74, 6) is 1.57. The van der Waals surface area contributed by atoms with E-state index in [9.17, 15) is 0 Å². The largest absolute Gasteiger partial charge is 0.497 e. The van der Waals surface area contributed by atoms with Gasteiger partial charge in [-0.05, 0) is 70.4 Å². The van der Waals surface area contributed by atoms with Gasteiger partial charge >= 0.3 is 0 Å². The van der Waals surface area contributed by atoms with Crippen molar-refractivity contribution in [2.24, 2.45) is 5.73 Å². The van der Waals surface area contributed by atoms with Crippen molar-refractivity contribution in [2.75, 3.05) is 7.11 Å². The quantitative estimate of drug-likeness (QED) is 0.714. The summed E-state index contributed by atoms with van der Waals surface area (Å²) < 4.78 is 8.33. The Morgan fingerprint density at radius 1 is 1.29 bits per heavy atom. The Bertz CT molecular complexity index is 868. The molecule has 1 fully saturated rings. The average Bonchev–Trinajstić information content (AvgIpc) is 3.34. The van der Waals surface area contributed by atoms with Gasteiger partial charge in [-0.2, -0.15) is 0 Å². The Balaban J connectivity index is 1.59. The highest BCUT2D eigenvalue weighted by molar-refractivity contribution is 9.10. The van der Waals surface area contributed by atoms with Crippen LogP contribution in [0.3, 0.4) is 0 Å². The van der Waals surface area contributed by atoms with E-state index >= 15 is 0 Å². The molecule has 5 heteroatoms. The SMILES string of the molecule is COc1ccc(CC(N)c2cn3cc(C4CC4)cc(Br)c3n2)cc1. The Kier molecular flexibility index (Phi) is 4.06. The fourth-order valence-electron chi connectivity index (χ4n) is 3.04. The predicted octanol–water partition coefficient (Wildman–Crippen LogP) is 4.23. The molecule has 3 aromatic rings. The molecule has 0 amide bonds. The third-order valence-corrected chi connectivity index (χ3v) is 5.17. The maximum absolute atomic E-state index is 6.40. The fourth-order valence-corrected chi connectivity index (χ4v) is 3.59. The molecule has 4 rings (SSSR count). The van der Waals surface area contributed by atoms with E-state index in [4.69, 9.17) is 15.5 Å². The molecule has 2 heterocycles. The van der Waals surface area contributed by atoms with E-state index in [1.165, 1.54) is 24.0 Å². The van der Waals surface area contributed by atoms with Gasteiger partial charge < -0.3 is 14.9 Å². The Labute approximate surface area is 149 Å². The lowest BCUT2D eigenvalue weighted by Crippen LogP contribution is -2.13. The van der Waals surface area contributed by atoms with E-state index in [-0.39, 0.29) is 6.04 Å². The number of hydrogen-bond donors (Lipinski definition) is 1. The van der Waals surface area contributed by atoms with Crippen molar-refractivity contribution in [1.82, 2.24) is 9.38 Å². The van der Waals surface area contributed by atoms with Gasteiger partial charge in [0.15, 0.2) is 5.65 Å². The van der Waals surface area contributed by atoms with E-state index in [0.29, 0.717) is 5.92 Å². The van der Waals surface area contributed by atoms with Gasteiger partial charge in [0.2, 0.25) is 0 Å². The van der Waals surface area contributed by atoms with Gasteiger partial charge in [0.25, 0.3) is 0 Å². The topological polar surface area (TPSA) is 52.5 Å². The highest BCUT2D eigenvalue weighted by atomic mass is 79.9. The van der Waals surface area contributed by atoms with Crippen LogP contribution in [0, 0.1) is 0 Å². The average molecular weight is 386 g/mol. The molecule has 0 spiro atoms. The van der Waals surface area contributed by atoms with Crippen molar-refractivity contribution in [1.29, 1.82) is 0 Å². The first-order chi connectivity index (χ1) is 11.6. The molecular weight excluding hydrogens is 366 g/mol. The first-order valence-corrected chi connectivity index (χ1v) is 9.00. The number of imidazole rings is 1. The molecule has 4 nitrogen and oxygen atoms in total. The number of rotatable bonds is 5. The van der Waals surface area contributed by atoms with E-state index in [2.05, 4.69) is 50.9 Å². The van der Waals surface area contributed by atoms with Crippen molar-refractivity contribution in [3.05, 3.63) is 64.0 Å². The second-order valence-corrected chi connectivity index (χ2v) is 7.31. The van der Waals surface area contributed by atoms with Crippen LogP contribution in [0.4, 0.5) is 0 Å². The van der Waals surface area contributed by atoms with Crippen LogP contribution in [0.2, 0.25) is 0 Å². The lowest BCUT2D eigenvalue weighted by Gasteiger charge is -2.09. The molecule has 0 saturated heterocycles. The van der Waals surface area contributed by atoms with Gasteiger partial charge in [-0.1, -0.05) is 12.1 Å². The highest BCUT2D eigenvalue weighted by Crippen LogP contribution is 2.41. The number of hydrogen-bond acceptors (Lipinski definition) is 3. The van der Waals surface area contributed by atoms with Crippen LogP contribution in [-0.2, 0) is 6.42 Å². The van der Waals surface area contributed by atoms with Crippen LogP contribution in [0.1, 0.15) is 41.6 Å². The van der Waals surface area contributed by atoms with Crippen molar-refractivity contribution >= 4 is 21.6 Å². The second kappa shape index (κ2) is 6.22. The molecule has 1 aliphatic carbocycles. The van der Waals surface area contributed by atoms with E-state index in [1.54, 1.807) is 7.11 Å². The number of halogens is 1. The highest BCUT2D eigenvalue weighted by Gasteiger charge is 2.25. The summed E-state index contributed by atoms with van der Waals surface area (Å²) in [6.45, 7) is 0.